The Kier molecular flexibility index (Phi) is 2.62. The molecule has 17 heavy (non-hydrogen) atoms. The molecule has 3 rings (SSSR count). The average molecular weight is 250 g/mol. The summed E-state index contributed by atoms with van der Waals surface area (Å²) in [6.07, 6.45) is 4.39. The van der Waals surface area contributed by atoms with E-state index >= 15 is 0 Å². The van der Waals surface area contributed by atoms with Crippen molar-refractivity contribution in [2.75, 3.05) is 6.54 Å². The highest BCUT2D eigenvalue weighted by Crippen LogP contribution is 2.51. The largest absolute Gasteiger partial charge is 0.355 e. The first-order valence-corrected chi connectivity index (χ1v) is 6.64. The number of hydrogen-bond acceptors (Lipinski definition) is 1. The fraction of sp³-hybridized carbons (Fsp3) is 0.500. The summed E-state index contributed by atoms with van der Waals surface area (Å²) in [6.45, 7) is 0.763. The Morgan fingerprint density at radius 1 is 1.29 bits per heavy atom. The van der Waals surface area contributed by atoms with Gasteiger partial charge in [-0.3, -0.25) is 4.79 Å². The maximum Gasteiger partial charge on any atom is 0.226 e. The molecule has 3 heteroatoms. The van der Waals surface area contributed by atoms with Gasteiger partial charge in [0, 0.05) is 17.5 Å². The van der Waals surface area contributed by atoms with E-state index in [2.05, 4.69) is 11.4 Å². The van der Waals surface area contributed by atoms with E-state index in [1.165, 1.54) is 18.4 Å². The molecule has 1 amide bonds. The molecule has 1 aliphatic carbocycles. The number of nitrogens with one attached hydrogen (secondary N) is 1. The van der Waals surface area contributed by atoms with Gasteiger partial charge >= 0.3 is 0 Å². The zero-order chi connectivity index (χ0) is 11.9. The van der Waals surface area contributed by atoms with Crippen LogP contribution in [0, 0.1) is 5.41 Å². The van der Waals surface area contributed by atoms with Crippen molar-refractivity contribution in [1.82, 2.24) is 5.32 Å². The summed E-state index contributed by atoms with van der Waals surface area (Å²) < 4.78 is 0. The van der Waals surface area contributed by atoms with Crippen LogP contribution < -0.4 is 5.32 Å². The molecule has 1 saturated carbocycles. The molecule has 2 aliphatic rings. The lowest BCUT2D eigenvalue weighted by molar-refractivity contribution is -0.127. The number of benzene rings is 1. The van der Waals surface area contributed by atoms with Gasteiger partial charge in [-0.25, -0.2) is 0 Å². The fourth-order valence-electron chi connectivity index (χ4n) is 3.47. The van der Waals surface area contributed by atoms with Gasteiger partial charge in [-0.05, 0) is 30.5 Å². The van der Waals surface area contributed by atoms with Gasteiger partial charge < -0.3 is 5.32 Å². The van der Waals surface area contributed by atoms with Crippen LogP contribution in [0.4, 0.5) is 0 Å². The summed E-state index contributed by atoms with van der Waals surface area (Å²) in [6, 6.07) is 7.96. The summed E-state index contributed by atoms with van der Waals surface area (Å²) in [4.78, 5) is 12.1. The minimum Gasteiger partial charge on any atom is -0.355 e. The molecule has 1 heterocycles. The lowest BCUT2D eigenvalue weighted by atomic mass is 9.73. The van der Waals surface area contributed by atoms with Crippen LogP contribution in [0.1, 0.15) is 37.2 Å². The minimum atomic E-state index is -0.148. The van der Waals surface area contributed by atoms with E-state index in [4.69, 9.17) is 11.6 Å². The quantitative estimate of drug-likeness (QED) is 0.814. The lowest BCUT2D eigenvalue weighted by Gasteiger charge is -2.28. The molecule has 1 aliphatic heterocycles. The zero-order valence-electron chi connectivity index (χ0n) is 9.71. The average Bonchev–Trinajstić information content (AvgIpc) is 2.90. The van der Waals surface area contributed by atoms with Gasteiger partial charge in [0.1, 0.15) is 0 Å². The van der Waals surface area contributed by atoms with Crippen LogP contribution in [-0.2, 0) is 4.79 Å². The highest BCUT2D eigenvalue weighted by Gasteiger charge is 2.51. The van der Waals surface area contributed by atoms with Crippen molar-refractivity contribution in [2.24, 2.45) is 5.41 Å². The van der Waals surface area contributed by atoms with Gasteiger partial charge in [0.15, 0.2) is 0 Å². The van der Waals surface area contributed by atoms with Crippen molar-refractivity contribution in [3.63, 3.8) is 0 Å². The molecule has 1 spiro atoms. The summed E-state index contributed by atoms with van der Waals surface area (Å²) >= 11 is 6.05. The molecule has 0 aromatic heterocycles. The molecule has 1 saturated heterocycles. The first kappa shape index (κ1) is 11.1. The molecule has 2 fully saturated rings. The van der Waals surface area contributed by atoms with E-state index in [-0.39, 0.29) is 11.3 Å². The van der Waals surface area contributed by atoms with Crippen molar-refractivity contribution in [2.45, 2.75) is 31.6 Å². The highest BCUT2D eigenvalue weighted by atomic mass is 35.5. The number of rotatable bonds is 1. The van der Waals surface area contributed by atoms with Crippen molar-refractivity contribution in [3.8, 4) is 0 Å². The van der Waals surface area contributed by atoms with Gasteiger partial charge in [0.25, 0.3) is 0 Å². The summed E-state index contributed by atoms with van der Waals surface area (Å²) in [5.41, 5.74) is 1.06. The number of halogens is 1. The smallest absolute Gasteiger partial charge is 0.226 e. The van der Waals surface area contributed by atoms with Crippen LogP contribution in [0.3, 0.4) is 0 Å². The van der Waals surface area contributed by atoms with E-state index in [0.717, 1.165) is 24.4 Å². The van der Waals surface area contributed by atoms with E-state index in [9.17, 15) is 4.79 Å². The Hall–Kier alpha value is -1.02. The van der Waals surface area contributed by atoms with Crippen molar-refractivity contribution < 1.29 is 4.79 Å². The van der Waals surface area contributed by atoms with E-state index in [1.807, 2.05) is 18.2 Å². The van der Waals surface area contributed by atoms with Crippen LogP contribution in [0.5, 0.6) is 0 Å². The first-order valence-electron chi connectivity index (χ1n) is 6.26. The van der Waals surface area contributed by atoms with Crippen molar-refractivity contribution in [3.05, 3.63) is 34.9 Å². The third-order valence-corrected chi connectivity index (χ3v) is 4.57. The molecular formula is C14H16ClNO. The second-order valence-electron chi connectivity index (χ2n) is 5.18. The third-order valence-electron chi connectivity index (χ3n) is 4.33. The number of carbonyl (C=O) groups excluding carboxylic acids is 1. The summed E-state index contributed by atoms with van der Waals surface area (Å²) in [7, 11) is 0. The minimum absolute atomic E-state index is 0.148. The van der Waals surface area contributed by atoms with Crippen LogP contribution in [-0.4, -0.2) is 12.5 Å². The zero-order valence-corrected chi connectivity index (χ0v) is 10.5. The van der Waals surface area contributed by atoms with Crippen LogP contribution in [0.25, 0.3) is 0 Å². The third kappa shape index (κ3) is 1.66. The topological polar surface area (TPSA) is 29.1 Å². The molecule has 90 valence electrons. The predicted molar refractivity (Wildman–Crippen MR) is 68.1 cm³/mol. The van der Waals surface area contributed by atoms with Crippen LogP contribution in [0.2, 0.25) is 5.02 Å². The molecule has 1 N–H and O–H groups in total. The monoisotopic (exact) mass is 249 g/mol. The Morgan fingerprint density at radius 3 is 2.76 bits per heavy atom. The summed E-state index contributed by atoms with van der Waals surface area (Å²) in [5, 5.41) is 3.80. The van der Waals surface area contributed by atoms with E-state index in [1.54, 1.807) is 0 Å². The second-order valence-corrected chi connectivity index (χ2v) is 5.62. The molecule has 1 aromatic carbocycles. The fourth-order valence-corrected chi connectivity index (χ4v) is 3.66. The Bertz CT molecular complexity index is 451. The van der Waals surface area contributed by atoms with Gasteiger partial charge in [0.05, 0.1) is 5.41 Å². The second kappa shape index (κ2) is 4.02. The van der Waals surface area contributed by atoms with Crippen LogP contribution >= 0.6 is 11.6 Å². The number of hydrogen-bond donors (Lipinski definition) is 1. The van der Waals surface area contributed by atoms with E-state index in [0.29, 0.717) is 5.92 Å². The van der Waals surface area contributed by atoms with Crippen molar-refractivity contribution >= 4 is 17.5 Å². The molecule has 0 radical (unpaired) electrons. The lowest BCUT2D eigenvalue weighted by Crippen LogP contribution is -2.31. The number of amides is 1. The van der Waals surface area contributed by atoms with E-state index < -0.39 is 0 Å². The predicted octanol–water partition coefficient (Wildman–Crippen LogP) is 3.11. The molecule has 2 nitrogen and oxygen atoms in total. The summed E-state index contributed by atoms with van der Waals surface area (Å²) in [5.74, 6) is 0.552. The van der Waals surface area contributed by atoms with Crippen LogP contribution in [0.15, 0.2) is 24.3 Å². The maximum absolute atomic E-state index is 12.1. The van der Waals surface area contributed by atoms with Gasteiger partial charge in [-0.15, -0.1) is 0 Å². The normalized spacial score (nSPS) is 26.4. The van der Waals surface area contributed by atoms with Crippen molar-refractivity contribution in [1.29, 1.82) is 0 Å². The number of carbonyl (C=O) groups is 1. The van der Waals surface area contributed by atoms with Gasteiger partial charge in [-0.1, -0.05) is 36.6 Å². The molecule has 1 aromatic rings. The molecule has 0 unspecified atom stereocenters. The van der Waals surface area contributed by atoms with Gasteiger partial charge in [0.2, 0.25) is 5.91 Å². The highest BCUT2D eigenvalue weighted by molar-refractivity contribution is 6.30. The molecule has 0 bridgehead atoms. The molecule has 1 atom stereocenters. The molecular weight excluding hydrogens is 234 g/mol. The SMILES string of the molecule is O=C1NC[C@@H](c2cccc(Cl)c2)C12CCCC2. The Balaban J connectivity index is 2.00. The maximum atomic E-state index is 12.1. The Morgan fingerprint density at radius 2 is 2.06 bits per heavy atom. The Labute approximate surface area is 106 Å². The van der Waals surface area contributed by atoms with Gasteiger partial charge in [-0.2, -0.15) is 0 Å². The first-order chi connectivity index (χ1) is 8.22. The standard InChI is InChI=1S/C14H16ClNO/c15-11-5-3-4-10(8-11)12-9-16-13(17)14(12)6-1-2-7-14/h3-5,8,12H,1-2,6-7,9H2,(H,16,17)/t12-/m0/s1.